The van der Waals surface area contributed by atoms with Crippen LogP contribution in [0.1, 0.15) is 36.4 Å². The fourth-order valence-corrected chi connectivity index (χ4v) is 6.56. The lowest BCUT2D eigenvalue weighted by molar-refractivity contribution is -0.115. The van der Waals surface area contributed by atoms with Crippen LogP contribution in [0.25, 0.3) is 10.2 Å². The average Bonchev–Trinajstić information content (AvgIpc) is 3.40. The van der Waals surface area contributed by atoms with E-state index in [0.29, 0.717) is 34.7 Å². The molecule has 1 unspecified atom stereocenters. The monoisotopic (exact) mass is 480 g/mol. The molecule has 4 aromatic rings. The Morgan fingerprint density at radius 1 is 1.33 bits per heavy atom. The molecule has 0 bridgehead atoms. The van der Waals surface area contributed by atoms with Gasteiger partial charge < -0.3 is 4.74 Å². The average molecular weight is 481 g/mol. The maximum atomic E-state index is 13.3. The minimum Gasteiger partial charge on any atom is -0.495 e. The minimum absolute atomic E-state index is 0.0187. The van der Waals surface area contributed by atoms with Crippen LogP contribution in [0.5, 0.6) is 5.75 Å². The van der Waals surface area contributed by atoms with Crippen molar-refractivity contribution in [2.45, 2.75) is 39.7 Å². The largest absolute Gasteiger partial charge is 0.495 e. The van der Waals surface area contributed by atoms with Gasteiger partial charge in [0.15, 0.2) is 5.13 Å². The highest BCUT2D eigenvalue weighted by Gasteiger charge is 2.24. The lowest BCUT2D eigenvalue weighted by atomic mass is 9.89. The van der Waals surface area contributed by atoms with E-state index >= 15 is 0 Å². The number of thiazole rings is 1. The van der Waals surface area contributed by atoms with Crippen LogP contribution in [0.15, 0.2) is 40.8 Å². The van der Waals surface area contributed by atoms with E-state index in [1.165, 1.54) is 33.6 Å². The van der Waals surface area contributed by atoms with Crippen molar-refractivity contribution in [2.75, 3.05) is 12.0 Å². The summed E-state index contributed by atoms with van der Waals surface area (Å²) in [4.78, 5) is 38.7. The molecule has 1 atom stereocenters. The molecule has 1 aliphatic rings. The zero-order valence-corrected chi connectivity index (χ0v) is 20.3. The number of aromatic nitrogens is 3. The second kappa shape index (κ2) is 8.72. The Balaban J connectivity index is 1.48. The summed E-state index contributed by atoms with van der Waals surface area (Å²) in [5.41, 5.74) is 2.50. The second-order valence-corrected chi connectivity index (χ2v) is 10.3. The van der Waals surface area contributed by atoms with E-state index in [-0.39, 0.29) is 11.5 Å². The summed E-state index contributed by atoms with van der Waals surface area (Å²) in [5.74, 6) is 1.07. The van der Waals surface area contributed by atoms with Crippen LogP contribution in [-0.2, 0) is 24.2 Å². The third-order valence-corrected chi connectivity index (χ3v) is 8.02. The van der Waals surface area contributed by atoms with Crippen molar-refractivity contribution in [3.8, 4) is 5.75 Å². The standard InChI is InChI=1S/C24H24N4O3S2/c1-14-8-9-17-20(10-14)33-22-21(17)23(30)27(13-25-22)11-16-12-32-24(26-16)28(15(2)29)18-6-4-5-7-19(18)31-3/h4-7,12-14H,8-11H2,1-3H3. The number of carbonyl (C=O) groups is 1. The number of rotatable bonds is 5. The number of nitrogens with zero attached hydrogens (tertiary/aromatic N) is 4. The number of carbonyl (C=O) groups excluding carboxylic acids is 1. The molecule has 1 aromatic carbocycles. The van der Waals surface area contributed by atoms with Gasteiger partial charge in [0.1, 0.15) is 10.6 Å². The molecule has 0 fully saturated rings. The molecule has 0 saturated carbocycles. The molecule has 0 spiro atoms. The van der Waals surface area contributed by atoms with Crippen molar-refractivity contribution in [3.05, 3.63) is 62.5 Å². The first-order chi connectivity index (χ1) is 16.0. The summed E-state index contributed by atoms with van der Waals surface area (Å²) in [6.07, 6.45) is 4.67. The van der Waals surface area contributed by atoms with Crippen LogP contribution in [0.2, 0.25) is 0 Å². The molecule has 1 aliphatic carbocycles. The van der Waals surface area contributed by atoms with Gasteiger partial charge >= 0.3 is 0 Å². The summed E-state index contributed by atoms with van der Waals surface area (Å²) >= 11 is 3.01. The number of benzene rings is 1. The van der Waals surface area contributed by atoms with E-state index in [9.17, 15) is 9.59 Å². The molecule has 3 aromatic heterocycles. The van der Waals surface area contributed by atoms with E-state index in [1.807, 2.05) is 29.6 Å². The van der Waals surface area contributed by atoms with Crippen molar-refractivity contribution in [2.24, 2.45) is 5.92 Å². The van der Waals surface area contributed by atoms with Gasteiger partial charge in [0, 0.05) is 17.2 Å². The minimum atomic E-state index is -0.167. The molecule has 170 valence electrons. The molecule has 1 amide bonds. The number of methoxy groups -OCH3 is 1. The van der Waals surface area contributed by atoms with Crippen molar-refractivity contribution in [1.29, 1.82) is 0 Å². The Bertz CT molecular complexity index is 1400. The van der Waals surface area contributed by atoms with Gasteiger partial charge in [0.25, 0.3) is 5.56 Å². The maximum Gasteiger partial charge on any atom is 0.262 e. The van der Waals surface area contributed by atoms with Gasteiger partial charge in [-0.15, -0.1) is 22.7 Å². The zero-order valence-electron chi connectivity index (χ0n) is 18.7. The molecule has 0 N–H and O–H groups in total. The van der Waals surface area contributed by atoms with E-state index < -0.39 is 0 Å². The Kier molecular flexibility index (Phi) is 5.76. The fraction of sp³-hybridized carbons (Fsp3) is 0.333. The van der Waals surface area contributed by atoms with E-state index in [0.717, 1.165) is 29.5 Å². The lowest BCUT2D eigenvalue weighted by Gasteiger charge is -2.20. The molecular weight excluding hydrogens is 456 g/mol. The van der Waals surface area contributed by atoms with Gasteiger partial charge in [-0.3, -0.25) is 19.1 Å². The molecule has 0 radical (unpaired) electrons. The molecule has 7 nitrogen and oxygen atoms in total. The summed E-state index contributed by atoms with van der Waals surface area (Å²) in [6.45, 7) is 4.06. The second-order valence-electron chi connectivity index (χ2n) is 8.36. The molecule has 0 aliphatic heterocycles. The molecular formula is C24H24N4O3S2. The van der Waals surface area contributed by atoms with Crippen LogP contribution < -0.4 is 15.2 Å². The summed E-state index contributed by atoms with van der Waals surface area (Å²) in [7, 11) is 1.57. The first-order valence-corrected chi connectivity index (χ1v) is 12.5. The number of amides is 1. The van der Waals surface area contributed by atoms with Gasteiger partial charge in [0.2, 0.25) is 5.91 Å². The molecule has 33 heavy (non-hydrogen) atoms. The first-order valence-electron chi connectivity index (χ1n) is 10.8. The van der Waals surface area contributed by atoms with E-state index in [4.69, 9.17) is 4.74 Å². The van der Waals surface area contributed by atoms with Crippen molar-refractivity contribution >= 4 is 49.6 Å². The van der Waals surface area contributed by atoms with Crippen LogP contribution in [0.3, 0.4) is 0 Å². The Morgan fingerprint density at radius 2 is 2.15 bits per heavy atom. The number of ether oxygens (including phenoxy) is 1. The predicted octanol–water partition coefficient (Wildman–Crippen LogP) is 4.78. The van der Waals surface area contributed by atoms with Crippen molar-refractivity contribution < 1.29 is 9.53 Å². The Labute approximate surface area is 199 Å². The lowest BCUT2D eigenvalue weighted by Crippen LogP contribution is -2.24. The quantitative estimate of drug-likeness (QED) is 0.411. The molecule has 0 saturated heterocycles. The Hall–Kier alpha value is -3.04. The third kappa shape index (κ3) is 3.95. The van der Waals surface area contributed by atoms with Gasteiger partial charge in [0.05, 0.1) is 36.7 Å². The van der Waals surface area contributed by atoms with Gasteiger partial charge in [-0.2, -0.15) is 0 Å². The molecule has 9 heteroatoms. The van der Waals surface area contributed by atoms with Gasteiger partial charge in [-0.05, 0) is 42.9 Å². The number of hydrogen-bond donors (Lipinski definition) is 0. The van der Waals surface area contributed by atoms with Gasteiger partial charge in [-0.25, -0.2) is 9.97 Å². The highest BCUT2D eigenvalue weighted by atomic mass is 32.1. The maximum absolute atomic E-state index is 13.3. The number of hydrogen-bond acceptors (Lipinski definition) is 7. The third-order valence-electron chi connectivity index (χ3n) is 5.99. The highest BCUT2D eigenvalue weighted by Crippen LogP contribution is 2.37. The van der Waals surface area contributed by atoms with Crippen LogP contribution >= 0.6 is 22.7 Å². The number of para-hydroxylation sites is 2. The summed E-state index contributed by atoms with van der Waals surface area (Å²) in [5, 5.41) is 3.17. The van der Waals surface area contributed by atoms with Crippen LogP contribution in [-0.4, -0.2) is 27.6 Å². The molecule has 3 heterocycles. The van der Waals surface area contributed by atoms with E-state index in [2.05, 4.69) is 16.9 Å². The number of anilines is 2. The first kappa shape index (κ1) is 21.8. The fourth-order valence-electron chi connectivity index (χ4n) is 4.35. The molecule has 5 rings (SSSR count). The predicted molar refractivity (Wildman–Crippen MR) is 132 cm³/mol. The van der Waals surface area contributed by atoms with Gasteiger partial charge in [-0.1, -0.05) is 19.1 Å². The highest BCUT2D eigenvalue weighted by molar-refractivity contribution is 7.18. The smallest absolute Gasteiger partial charge is 0.262 e. The number of aryl methyl sites for hydroxylation is 1. The number of fused-ring (bicyclic) bond motifs is 3. The topological polar surface area (TPSA) is 77.3 Å². The van der Waals surface area contributed by atoms with Crippen LogP contribution in [0.4, 0.5) is 10.8 Å². The van der Waals surface area contributed by atoms with Crippen molar-refractivity contribution in [1.82, 2.24) is 14.5 Å². The van der Waals surface area contributed by atoms with Crippen molar-refractivity contribution in [3.63, 3.8) is 0 Å². The van der Waals surface area contributed by atoms with E-state index in [1.54, 1.807) is 29.3 Å². The number of thiophene rings is 1. The van der Waals surface area contributed by atoms with Crippen LogP contribution in [0, 0.1) is 5.92 Å². The summed E-state index contributed by atoms with van der Waals surface area (Å²) < 4.78 is 7.05. The SMILES string of the molecule is COc1ccccc1N(C(C)=O)c1nc(Cn2cnc3sc4c(c3c2=O)CCC(C)C4)cs1. The summed E-state index contributed by atoms with van der Waals surface area (Å²) in [6, 6.07) is 7.34. The Morgan fingerprint density at radius 3 is 2.94 bits per heavy atom. The normalized spacial score (nSPS) is 15.4. The zero-order chi connectivity index (χ0) is 23.1.